The average Bonchev–Trinajstić information content (AvgIpc) is 2.35. The summed E-state index contributed by atoms with van der Waals surface area (Å²) in [5.41, 5.74) is 1.36. The van der Waals surface area contributed by atoms with Crippen molar-refractivity contribution in [1.29, 1.82) is 0 Å². The molecule has 0 unspecified atom stereocenters. The zero-order valence-corrected chi connectivity index (χ0v) is 10.3. The number of hydrogen-bond donors (Lipinski definition) is 2. The monoisotopic (exact) mass is 231 g/mol. The van der Waals surface area contributed by atoms with Gasteiger partial charge in [-0.2, -0.15) is 0 Å². The van der Waals surface area contributed by atoms with Gasteiger partial charge in [0.15, 0.2) is 0 Å². The Labute approximate surface area is 103 Å². The van der Waals surface area contributed by atoms with E-state index < -0.39 is 0 Å². The standard InChI is InChI=1S/C14H21N3/c1-2-9-15-13(8-1)12-7-4-10-16-14(12)17-11-5-3-6-11/h4,7,10-11,13,15H,1-3,5-6,8-9H2,(H,16,17)/t13-/m1/s1. The molecule has 1 atom stereocenters. The van der Waals surface area contributed by atoms with Crippen LogP contribution in [0.25, 0.3) is 0 Å². The molecule has 1 aromatic heterocycles. The van der Waals surface area contributed by atoms with Gasteiger partial charge in [-0.25, -0.2) is 4.98 Å². The van der Waals surface area contributed by atoms with E-state index in [-0.39, 0.29) is 0 Å². The predicted molar refractivity (Wildman–Crippen MR) is 70.1 cm³/mol. The van der Waals surface area contributed by atoms with Crippen LogP contribution in [0.3, 0.4) is 0 Å². The van der Waals surface area contributed by atoms with Crippen molar-refractivity contribution in [1.82, 2.24) is 10.3 Å². The third kappa shape index (κ3) is 2.44. The van der Waals surface area contributed by atoms with Gasteiger partial charge < -0.3 is 10.6 Å². The van der Waals surface area contributed by atoms with E-state index in [0.717, 1.165) is 12.4 Å². The second-order valence-corrected chi connectivity index (χ2v) is 5.22. The molecule has 0 aromatic carbocycles. The molecule has 3 rings (SSSR count). The Kier molecular flexibility index (Phi) is 3.27. The molecule has 1 aromatic rings. The van der Waals surface area contributed by atoms with Gasteiger partial charge in [0.1, 0.15) is 5.82 Å². The Hall–Kier alpha value is -1.09. The molecule has 92 valence electrons. The second-order valence-electron chi connectivity index (χ2n) is 5.22. The van der Waals surface area contributed by atoms with Gasteiger partial charge in [0.05, 0.1) is 0 Å². The van der Waals surface area contributed by atoms with Crippen LogP contribution in [-0.4, -0.2) is 17.6 Å². The average molecular weight is 231 g/mol. The van der Waals surface area contributed by atoms with Gasteiger partial charge in [-0.15, -0.1) is 0 Å². The molecule has 3 heteroatoms. The lowest BCUT2D eigenvalue weighted by Crippen LogP contribution is -2.31. The fourth-order valence-corrected chi connectivity index (χ4v) is 2.68. The van der Waals surface area contributed by atoms with Crippen molar-refractivity contribution in [2.24, 2.45) is 0 Å². The van der Waals surface area contributed by atoms with Gasteiger partial charge in [-0.05, 0) is 44.7 Å². The topological polar surface area (TPSA) is 37.0 Å². The first-order valence-electron chi connectivity index (χ1n) is 6.88. The number of nitrogens with zero attached hydrogens (tertiary/aromatic N) is 1. The minimum absolute atomic E-state index is 0.500. The first-order chi connectivity index (χ1) is 8.43. The summed E-state index contributed by atoms with van der Waals surface area (Å²) in [5.74, 6) is 1.11. The number of rotatable bonds is 3. The van der Waals surface area contributed by atoms with Crippen LogP contribution in [0.5, 0.6) is 0 Å². The molecule has 17 heavy (non-hydrogen) atoms. The maximum absolute atomic E-state index is 4.52. The number of anilines is 1. The summed E-state index contributed by atoms with van der Waals surface area (Å²) in [6.07, 6.45) is 9.74. The molecule has 1 saturated heterocycles. The highest BCUT2D eigenvalue weighted by Crippen LogP contribution is 2.30. The first-order valence-corrected chi connectivity index (χ1v) is 6.88. The second kappa shape index (κ2) is 5.05. The van der Waals surface area contributed by atoms with Crippen LogP contribution in [0.2, 0.25) is 0 Å². The highest BCUT2D eigenvalue weighted by atomic mass is 15.0. The molecule has 1 saturated carbocycles. The van der Waals surface area contributed by atoms with Gasteiger partial charge in [0, 0.05) is 23.8 Å². The summed E-state index contributed by atoms with van der Waals surface area (Å²) >= 11 is 0. The van der Waals surface area contributed by atoms with Crippen molar-refractivity contribution in [3.8, 4) is 0 Å². The molecule has 0 radical (unpaired) electrons. The Morgan fingerprint density at radius 3 is 2.82 bits per heavy atom. The molecule has 0 spiro atoms. The first kappa shape index (κ1) is 11.0. The molecule has 1 aliphatic heterocycles. The Balaban J connectivity index is 1.76. The van der Waals surface area contributed by atoms with E-state index in [2.05, 4.69) is 27.8 Å². The Morgan fingerprint density at radius 1 is 1.18 bits per heavy atom. The number of nitrogens with one attached hydrogen (secondary N) is 2. The molecular formula is C14H21N3. The van der Waals surface area contributed by atoms with Crippen LogP contribution < -0.4 is 10.6 Å². The highest BCUT2D eigenvalue weighted by Gasteiger charge is 2.22. The van der Waals surface area contributed by atoms with Crippen LogP contribution in [-0.2, 0) is 0 Å². The minimum Gasteiger partial charge on any atom is -0.367 e. The van der Waals surface area contributed by atoms with Gasteiger partial charge >= 0.3 is 0 Å². The summed E-state index contributed by atoms with van der Waals surface area (Å²) in [6.45, 7) is 1.14. The smallest absolute Gasteiger partial charge is 0.130 e. The predicted octanol–water partition coefficient (Wildman–Crippen LogP) is 2.86. The van der Waals surface area contributed by atoms with E-state index in [4.69, 9.17) is 0 Å². The number of aromatic nitrogens is 1. The van der Waals surface area contributed by atoms with Crippen LogP contribution in [0.15, 0.2) is 18.3 Å². The van der Waals surface area contributed by atoms with E-state index in [1.165, 1.54) is 44.1 Å². The van der Waals surface area contributed by atoms with Gasteiger partial charge in [0.25, 0.3) is 0 Å². The van der Waals surface area contributed by atoms with E-state index in [1.807, 2.05) is 6.20 Å². The summed E-state index contributed by atoms with van der Waals surface area (Å²) in [6, 6.07) is 5.43. The minimum atomic E-state index is 0.500. The largest absolute Gasteiger partial charge is 0.367 e. The molecule has 2 fully saturated rings. The Bertz CT molecular complexity index is 367. The van der Waals surface area contributed by atoms with Crippen molar-refractivity contribution in [2.45, 2.75) is 50.6 Å². The van der Waals surface area contributed by atoms with Crippen LogP contribution in [0, 0.1) is 0 Å². The van der Waals surface area contributed by atoms with Crippen molar-refractivity contribution < 1.29 is 0 Å². The molecular weight excluding hydrogens is 210 g/mol. The van der Waals surface area contributed by atoms with Crippen molar-refractivity contribution in [3.05, 3.63) is 23.9 Å². The van der Waals surface area contributed by atoms with E-state index in [0.29, 0.717) is 12.1 Å². The third-order valence-corrected chi connectivity index (χ3v) is 3.97. The molecule has 2 aliphatic rings. The molecule has 0 bridgehead atoms. The van der Waals surface area contributed by atoms with Crippen LogP contribution in [0.4, 0.5) is 5.82 Å². The lowest BCUT2D eigenvalue weighted by Gasteiger charge is -2.30. The van der Waals surface area contributed by atoms with Gasteiger partial charge in [-0.1, -0.05) is 12.5 Å². The number of pyridine rings is 1. The van der Waals surface area contributed by atoms with Gasteiger partial charge in [0.2, 0.25) is 0 Å². The number of piperidine rings is 1. The lowest BCUT2D eigenvalue weighted by atomic mass is 9.92. The number of hydrogen-bond acceptors (Lipinski definition) is 3. The van der Waals surface area contributed by atoms with Crippen molar-refractivity contribution in [3.63, 3.8) is 0 Å². The quantitative estimate of drug-likeness (QED) is 0.840. The van der Waals surface area contributed by atoms with E-state index in [1.54, 1.807) is 0 Å². The third-order valence-electron chi connectivity index (χ3n) is 3.97. The molecule has 1 aliphatic carbocycles. The normalized spacial score (nSPS) is 25.3. The Morgan fingerprint density at radius 2 is 2.12 bits per heavy atom. The van der Waals surface area contributed by atoms with Crippen LogP contribution in [0.1, 0.15) is 50.1 Å². The SMILES string of the molecule is c1cnc(NC2CCC2)c([C@H]2CCCCN2)c1. The molecule has 0 amide bonds. The fourth-order valence-electron chi connectivity index (χ4n) is 2.68. The maximum Gasteiger partial charge on any atom is 0.130 e. The zero-order valence-electron chi connectivity index (χ0n) is 10.3. The lowest BCUT2D eigenvalue weighted by molar-refractivity contribution is 0.409. The summed E-state index contributed by atoms with van der Waals surface area (Å²) < 4.78 is 0. The molecule has 2 N–H and O–H groups in total. The fraction of sp³-hybridized carbons (Fsp3) is 0.643. The highest BCUT2D eigenvalue weighted by molar-refractivity contribution is 5.47. The summed E-state index contributed by atoms with van der Waals surface area (Å²) in [7, 11) is 0. The molecule has 3 nitrogen and oxygen atoms in total. The summed E-state index contributed by atoms with van der Waals surface area (Å²) in [4.78, 5) is 4.52. The summed E-state index contributed by atoms with van der Waals surface area (Å²) in [5, 5.41) is 7.20. The van der Waals surface area contributed by atoms with Crippen LogP contribution >= 0.6 is 0 Å². The molecule has 2 heterocycles. The van der Waals surface area contributed by atoms with Crippen molar-refractivity contribution in [2.75, 3.05) is 11.9 Å². The van der Waals surface area contributed by atoms with E-state index in [9.17, 15) is 0 Å². The maximum atomic E-state index is 4.52. The van der Waals surface area contributed by atoms with Crippen molar-refractivity contribution >= 4 is 5.82 Å². The van der Waals surface area contributed by atoms with E-state index >= 15 is 0 Å². The van der Waals surface area contributed by atoms with Gasteiger partial charge in [-0.3, -0.25) is 0 Å². The zero-order chi connectivity index (χ0) is 11.5.